The summed E-state index contributed by atoms with van der Waals surface area (Å²) in [5.74, 6) is 0. The van der Waals surface area contributed by atoms with Crippen molar-refractivity contribution < 1.29 is 0 Å². The van der Waals surface area contributed by atoms with Gasteiger partial charge in [0, 0.05) is 72.2 Å². The second kappa shape index (κ2) is 26.0. The lowest BCUT2D eigenvalue weighted by Gasteiger charge is -2.46. The van der Waals surface area contributed by atoms with Gasteiger partial charge in [-0.25, -0.2) is 0 Å². The van der Waals surface area contributed by atoms with E-state index in [0.29, 0.717) is 0 Å². The quantitative estimate of drug-likeness (QED) is 0.106. The predicted octanol–water partition coefficient (Wildman–Crippen LogP) is 27.8. The summed E-state index contributed by atoms with van der Waals surface area (Å²) in [6.07, 6.45) is 0. The summed E-state index contributed by atoms with van der Waals surface area (Å²) in [6.45, 7) is 27.9. The van der Waals surface area contributed by atoms with E-state index in [-0.39, 0.29) is 28.4 Å². The molecule has 0 fully saturated rings. The average Bonchev–Trinajstić information content (AvgIpc) is 0.929. The molecule has 0 atom stereocenters. The maximum atomic E-state index is 2.75. The molecule has 0 spiro atoms. The third kappa shape index (κ3) is 11.4. The summed E-state index contributed by atoms with van der Waals surface area (Å²) in [5.41, 5.74) is 33.2. The molecule has 0 bridgehead atoms. The van der Waals surface area contributed by atoms with Crippen molar-refractivity contribution in [2.45, 2.75) is 105 Å². The number of fused-ring (bicyclic) bond motifs is 12. The zero-order chi connectivity index (χ0) is 77.1. The molecule has 0 saturated carbocycles. The SMILES string of the molecule is CC(C)(C)c1cc(-c2ccccc2)c(N2c3cc(-c4c5ccccc5cc5ccccc45)ccc3B3c4ccc(-n5c6ccc(C(C)(C)C)cc6c6cc(C(C)(C)C)ccc65)cc4N(c4c(-c5ccccc5)cc(C(C)(C)C)cc4-c4ccccc4)c4cc(-n5c6ccccc6c6ccccc65)cc2c43)c(-c2ccccc2)c1. The highest BCUT2D eigenvalue weighted by molar-refractivity contribution is 7.00. The summed E-state index contributed by atoms with van der Waals surface area (Å²) < 4.78 is 5.14. The minimum atomic E-state index is -0.303. The van der Waals surface area contributed by atoms with Crippen LogP contribution in [0.25, 0.3) is 132 Å². The average molecular weight is 1460 g/mol. The van der Waals surface area contributed by atoms with Gasteiger partial charge in [-0.15, -0.1) is 0 Å². The first-order chi connectivity index (χ1) is 54.6. The molecule has 0 N–H and O–H groups in total. The maximum Gasteiger partial charge on any atom is 0.252 e. The molecule has 4 nitrogen and oxygen atoms in total. The van der Waals surface area contributed by atoms with Crippen LogP contribution in [-0.2, 0) is 21.7 Å². The normalized spacial score (nSPS) is 13.1. The topological polar surface area (TPSA) is 16.3 Å². The molecule has 0 radical (unpaired) electrons. The van der Waals surface area contributed by atoms with Crippen LogP contribution in [0.3, 0.4) is 0 Å². The summed E-state index contributed by atoms with van der Waals surface area (Å²) in [4.78, 5) is 5.51. The Morgan fingerprint density at radius 1 is 0.230 bits per heavy atom. The Morgan fingerprint density at radius 2 is 0.566 bits per heavy atom. The molecule has 2 aliphatic rings. The van der Waals surface area contributed by atoms with Crippen LogP contribution in [0.4, 0.5) is 34.1 Å². The van der Waals surface area contributed by atoms with Crippen molar-refractivity contribution in [2.75, 3.05) is 9.80 Å². The van der Waals surface area contributed by atoms with Crippen LogP contribution in [0.1, 0.15) is 105 Å². The van der Waals surface area contributed by atoms with E-state index < -0.39 is 0 Å². The summed E-state index contributed by atoms with van der Waals surface area (Å²) in [7, 11) is 0. The van der Waals surface area contributed by atoms with Gasteiger partial charge in [0.2, 0.25) is 0 Å². The fraction of sp³-hybridized carbons (Fsp3) is 0.148. The van der Waals surface area contributed by atoms with Crippen LogP contribution >= 0.6 is 0 Å². The first-order valence-corrected chi connectivity index (χ1v) is 40.2. The maximum absolute atomic E-state index is 2.75. The molecular weight excluding hydrogens is 1360 g/mol. The molecule has 0 amide bonds. The van der Waals surface area contributed by atoms with Crippen LogP contribution < -0.4 is 26.2 Å². The van der Waals surface area contributed by atoms with Crippen molar-refractivity contribution in [1.82, 2.24) is 9.13 Å². The number of hydrogen-bond donors (Lipinski definition) is 0. The van der Waals surface area contributed by atoms with Crippen LogP contribution in [0.2, 0.25) is 0 Å². The highest BCUT2D eigenvalue weighted by Gasteiger charge is 2.47. The van der Waals surface area contributed by atoms with Crippen molar-refractivity contribution in [2.24, 2.45) is 0 Å². The van der Waals surface area contributed by atoms with Gasteiger partial charge < -0.3 is 18.9 Å². The van der Waals surface area contributed by atoms with E-state index in [2.05, 4.69) is 436 Å². The zero-order valence-electron chi connectivity index (χ0n) is 66.6. The summed E-state index contributed by atoms with van der Waals surface area (Å²) in [6, 6.07) is 128. The molecule has 0 saturated heterocycles. The van der Waals surface area contributed by atoms with Gasteiger partial charge in [-0.2, -0.15) is 0 Å². The minimum Gasteiger partial charge on any atom is -0.310 e. The van der Waals surface area contributed by atoms with E-state index >= 15 is 0 Å². The Morgan fingerprint density at radius 3 is 0.973 bits per heavy atom. The van der Waals surface area contributed by atoms with E-state index in [9.17, 15) is 0 Å². The molecule has 546 valence electrons. The molecule has 2 aliphatic heterocycles. The Hall–Kier alpha value is -12.7. The highest BCUT2D eigenvalue weighted by atomic mass is 15.2. The first kappa shape index (κ1) is 69.5. The number of benzene rings is 16. The third-order valence-corrected chi connectivity index (χ3v) is 24.4. The lowest BCUT2D eigenvalue weighted by Crippen LogP contribution is -2.61. The van der Waals surface area contributed by atoms with Crippen molar-refractivity contribution in [3.8, 4) is 67.0 Å². The fourth-order valence-corrected chi connectivity index (χ4v) is 18.6. The van der Waals surface area contributed by atoms with Gasteiger partial charge >= 0.3 is 0 Å². The van der Waals surface area contributed by atoms with Gasteiger partial charge in [-0.1, -0.05) is 320 Å². The van der Waals surface area contributed by atoms with Gasteiger partial charge in [0.05, 0.1) is 39.1 Å². The second-order valence-electron chi connectivity index (χ2n) is 35.7. The standard InChI is InChI=1S/C108H91BN4/c1-105(2,3)75-50-55-95-89(59-75)90-60-76(106(4,5)6)51-56-96(90)110(95)79-52-54-92-98(65-79)113(104-87(70-37-21-15-22-38-70)63-78(108(10,11)12)64-88(104)71-39-23-16-24-40-71)100-67-80(111-93-47-31-29-45-83(93)84-46-30-32-48-94(84)111)66-99-102(100)109(92)91-53-49-74(101-81-43-27-25-41-72(81)57-73-42-26-28-44-82(73)101)58-97(91)112(99)103-85(68-33-17-13-18-34-68)61-77(107(7,8)9)62-86(103)69-35-19-14-20-36-69/h13-67H,1-12H3. The molecular formula is C108H91BN4. The van der Waals surface area contributed by atoms with E-state index in [1.807, 2.05) is 0 Å². The summed E-state index contributed by atoms with van der Waals surface area (Å²) in [5, 5.41) is 9.77. The third-order valence-electron chi connectivity index (χ3n) is 24.4. The summed E-state index contributed by atoms with van der Waals surface area (Å²) >= 11 is 0. The first-order valence-electron chi connectivity index (χ1n) is 40.2. The number of para-hydroxylation sites is 2. The van der Waals surface area contributed by atoms with Crippen LogP contribution in [-0.4, -0.2) is 15.8 Å². The van der Waals surface area contributed by atoms with Crippen molar-refractivity contribution >= 4 is 122 Å². The van der Waals surface area contributed by atoms with E-state index in [1.54, 1.807) is 0 Å². The van der Waals surface area contributed by atoms with Gasteiger partial charge in [0.15, 0.2) is 0 Å². The zero-order valence-corrected chi connectivity index (χ0v) is 66.6. The monoisotopic (exact) mass is 1450 g/mol. The lowest BCUT2D eigenvalue weighted by atomic mass is 9.33. The predicted molar refractivity (Wildman–Crippen MR) is 486 cm³/mol. The van der Waals surface area contributed by atoms with Crippen LogP contribution in [0, 0.1) is 0 Å². The number of rotatable bonds is 9. The van der Waals surface area contributed by atoms with E-state index in [0.717, 1.165) is 107 Å². The largest absolute Gasteiger partial charge is 0.310 e. The van der Waals surface area contributed by atoms with Gasteiger partial charge in [-0.3, -0.25) is 0 Å². The number of hydrogen-bond acceptors (Lipinski definition) is 2. The molecule has 2 aromatic heterocycles. The van der Waals surface area contributed by atoms with Crippen LogP contribution in [0.5, 0.6) is 0 Å². The number of anilines is 6. The Bertz CT molecular complexity index is 6590. The molecule has 4 heterocycles. The van der Waals surface area contributed by atoms with Gasteiger partial charge in [-0.05, 0) is 212 Å². The molecule has 5 heteroatoms. The smallest absolute Gasteiger partial charge is 0.252 e. The molecule has 18 aromatic rings. The Kier molecular flexibility index (Phi) is 16.0. The fourth-order valence-electron chi connectivity index (χ4n) is 18.6. The number of nitrogens with zero attached hydrogens (tertiary/aromatic N) is 4. The Balaban J connectivity index is 1.01. The van der Waals surface area contributed by atoms with Gasteiger partial charge in [0.1, 0.15) is 0 Å². The Labute approximate surface area is 664 Å². The molecule has 0 aliphatic carbocycles. The van der Waals surface area contributed by atoms with Gasteiger partial charge in [0.25, 0.3) is 6.71 Å². The second-order valence-corrected chi connectivity index (χ2v) is 35.7. The highest BCUT2D eigenvalue weighted by Crippen LogP contribution is 2.56. The molecule has 16 aromatic carbocycles. The van der Waals surface area contributed by atoms with E-state index in [1.165, 1.54) is 98.3 Å². The number of aromatic nitrogens is 2. The van der Waals surface area contributed by atoms with Crippen molar-refractivity contribution in [3.05, 3.63) is 356 Å². The van der Waals surface area contributed by atoms with Crippen molar-refractivity contribution in [3.63, 3.8) is 0 Å². The molecule has 20 rings (SSSR count). The van der Waals surface area contributed by atoms with Crippen molar-refractivity contribution in [1.29, 1.82) is 0 Å². The lowest BCUT2D eigenvalue weighted by molar-refractivity contribution is 0.590. The van der Waals surface area contributed by atoms with E-state index in [4.69, 9.17) is 0 Å². The minimum absolute atomic E-state index is 0.0756. The van der Waals surface area contributed by atoms with Crippen LogP contribution in [0.15, 0.2) is 334 Å². The molecule has 113 heavy (non-hydrogen) atoms. The molecule has 0 unspecified atom stereocenters.